The average Bonchev–Trinajstić information content (AvgIpc) is 3.44. The fourth-order valence-electron chi connectivity index (χ4n) is 5.92. The van der Waals surface area contributed by atoms with E-state index in [1.807, 2.05) is 10.8 Å². The van der Waals surface area contributed by atoms with E-state index >= 15 is 0 Å². The maximum atomic E-state index is 13.8. The number of aryl methyl sites for hydroxylation is 1. The van der Waals surface area contributed by atoms with Gasteiger partial charge >= 0.3 is 22.3 Å². The van der Waals surface area contributed by atoms with Gasteiger partial charge in [-0.05, 0) is 73.6 Å². The molecule has 2 heterocycles. The minimum absolute atomic E-state index is 0.00515. The number of halogens is 2. The van der Waals surface area contributed by atoms with Crippen molar-refractivity contribution in [3.63, 3.8) is 0 Å². The molecule has 5 rings (SSSR count). The summed E-state index contributed by atoms with van der Waals surface area (Å²) in [6.07, 6.45) is 0.333. The molecule has 43 heavy (non-hydrogen) atoms. The molecule has 1 aliphatic carbocycles. The number of hydrogen-bond acceptors (Lipinski definition) is 7. The Morgan fingerprint density at radius 3 is 2.53 bits per heavy atom. The molecule has 1 unspecified atom stereocenters. The maximum absolute atomic E-state index is 13.8. The number of nitrogens with zero attached hydrogens (tertiary/aromatic N) is 3. The van der Waals surface area contributed by atoms with Gasteiger partial charge in [0, 0.05) is 30.1 Å². The van der Waals surface area contributed by atoms with Crippen molar-refractivity contribution >= 4 is 50.1 Å². The second-order valence-electron chi connectivity index (χ2n) is 10.6. The van der Waals surface area contributed by atoms with Crippen molar-refractivity contribution in [2.45, 2.75) is 50.7 Å². The van der Waals surface area contributed by atoms with Gasteiger partial charge in [-0.25, -0.2) is 18.7 Å². The molecule has 0 saturated carbocycles. The van der Waals surface area contributed by atoms with Gasteiger partial charge in [-0.2, -0.15) is 12.7 Å². The topological polar surface area (TPSA) is 145 Å². The fourth-order valence-corrected chi connectivity index (χ4v) is 7.42. The van der Waals surface area contributed by atoms with Crippen molar-refractivity contribution in [3.8, 4) is 0 Å². The van der Waals surface area contributed by atoms with Gasteiger partial charge in [0.25, 0.3) is 5.91 Å². The van der Waals surface area contributed by atoms with Crippen LogP contribution in [0.3, 0.4) is 0 Å². The van der Waals surface area contributed by atoms with Crippen LogP contribution in [-0.4, -0.2) is 78.7 Å². The number of piperidine rings is 1. The van der Waals surface area contributed by atoms with Gasteiger partial charge in [0.15, 0.2) is 0 Å². The third-order valence-corrected chi connectivity index (χ3v) is 10.0. The smallest absolute Gasteiger partial charge is 0.421 e. The minimum atomic E-state index is -4.16. The summed E-state index contributed by atoms with van der Waals surface area (Å²) in [5.74, 6) is -1.45. The van der Waals surface area contributed by atoms with E-state index in [1.54, 1.807) is 19.1 Å². The molecule has 0 bridgehead atoms. The lowest BCUT2D eigenvalue weighted by Crippen LogP contribution is -2.53. The standard InChI is InChI=1S/C28H31BrFN5O7S/c1-2-42-27(39)32-43(40,41)33-13-10-22(11-14-33)34(16-18-3-6-21(30)7-4-18)24(36)17-35-25(37)28(31-26(35)38)12-9-19-15-20(29)5-8-23(19)28/h3-8,15,22H,2,9-14,16-17H2,1H3,(H,31,38)(H,32,39). The third kappa shape index (κ3) is 6.24. The van der Waals surface area contributed by atoms with Gasteiger partial charge in [0.05, 0.1) is 6.61 Å². The first-order valence-electron chi connectivity index (χ1n) is 13.8. The predicted molar refractivity (Wildman–Crippen MR) is 155 cm³/mol. The number of carbonyl (C=O) groups is 4. The van der Waals surface area contributed by atoms with Crippen LogP contribution in [0.2, 0.25) is 0 Å². The third-order valence-electron chi connectivity index (χ3n) is 8.04. The molecule has 15 heteroatoms. The van der Waals surface area contributed by atoms with Crippen LogP contribution >= 0.6 is 15.9 Å². The molecule has 12 nitrogen and oxygen atoms in total. The zero-order chi connectivity index (χ0) is 30.9. The van der Waals surface area contributed by atoms with Crippen LogP contribution < -0.4 is 10.0 Å². The summed E-state index contributed by atoms with van der Waals surface area (Å²) in [6.45, 7) is 1.12. The lowest BCUT2D eigenvalue weighted by Gasteiger charge is -2.38. The Bertz CT molecular complexity index is 1550. The Labute approximate surface area is 256 Å². The van der Waals surface area contributed by atoms with Crippen molar-refractivity contribution < 1.29 is 36.7 Å². The molecule has 2 saturated heterocycles. The van der Waals surface area contributed by atoms with Crippen molar-refractivity contribution in [1.29, 1.82) is 0 Å². The van der Waals surface area contributed by atoms with Crippen molar-refractivity contribution in [1.82, 2.24) is 24.1 Å². The summed E-state index contributed by atoms with van der Waals surface area (Å²) >= 11 is 3.44. The van der Waals surface area contributed by atoms with Gasteiger partial charge in [-0.1, -0.05) is 34.1 Å². The van der Waals surface area contributed by atoms with E-state index in [0.717, 1.165) is 19.2 Å². The molecule has 2 aromatic carbocycles. The Morgan fingerprint density at radius 1 is 1.16 bits per heavy atom. The Kier molecular flexibility index (Phi) is 8.77. The number of amides is 5. The van der Waals surface area contributed by atoms with Crippen LogP contribution in [0.1, 0.15) is 42.9 Å². The molecule has 3 aliphatic rings. The molecular weight excluding hydrogens is 649 g/mol. The SMILES string of the molecule is CCOC(=O)NS(=O)(=O)N1CCC(N(Cc2ccc(F)cc2)C(=O)CN2C(=O)NC3(CCc4cc(Br)ccc43)C2=O)CC1. The quantitative estimate of drug-likeness (QED) is 0.408. The van der Waals surface area contributed by atoms with E-state index in [9.17, 15) is 32.0 Å². The molecule has 2 aliphatic heterocycles. The normalized spacial score (nSPS) is 20.7. The number of fused-ring (bicyclic) bond motifs is 2. The highest BCUT2D eigenvalue weighted by atomic mass is 79.9. The number of benzene rings is 2. The summed E-state index contributed by atoms with van der Waals surface area (Å²) in [4.78, 5) is 54.7. The second kappa shape index (κ2) is 12.2. The minimum Gasteiger partial charge on any atom is -0.449 e. The van der Waals surface area contributed by atoms with E-state index in [4.69, 9.17) is 0 Å². The highest BCUT2D eigenvalue weighted by Crippen LogP contribution is 2.42. The maximum Gasteiger partial charge on any atom is 0.421 e. The lowest BCUT2D eigenvalue weighted by atomic mass is 9.92. The Morgan fingerprint density at radius 2 is 1.86 bits per heavy atom. The van der Waals surface area contributed by atoms with Crippen molar-refractivity contribution in [2.24, 2.45) is 0 Å². The number of ether oxygens (including phenoxy) is 1. The summed E-state index contributed by atoms with van der Waals surface area (Å²) in [5.41, 5.74) is 1.03. The number of hydrogen-bond donors (Lipinski definition) is 2. The number of urea groups is 1. The van der Waals surface area contributed by atoms with Crippen LogP contribution in [-0.2, 0) is 43.0 Å². The van der Waals surface area contributed by atoms with E-state index in [2.05, 4.69) is 26.0 Å². The number of carbonyl (C=O) groups excluding carboxylic acids is 4. The van der Waals surface area contributed by atoms with Crippen LogP contribution in [0.25, 0.3) is 0 Å². The van der Waals surface area contributed by atoms with E-state index < -0.39 is 58.1 Å². The number of nitrogens with one attached hydrogen (secondary N) is 2. The lowest BCUT2D eigenvalue weighted by molar-refractivity contribution is -0.141. The number of rotatable bonds is 8. The predicted octanol–water partition coefficient (Wildman–Crippen LogP) is 2.77. The van der Waals surface area contributed by atoms with Crippen LogP contribution in [0, 0.1) is 5.82 Å². The molecule has 2 aromatic rings. The molecule has 5 amide bonds. The zero-order valence-corrected chi connectivity index (χ0v) is 25.7. The van der Waals surface area contributed by atoms with Crippen LogP contribution in [0.5, 0.6) is 0 Å². The van der Waals surface area contributed by atoms with Crippen molar-refractivity contribution in [3.05, 3.63) is 69.4 Å². The summed E-state index contributed by atoms with van der Waals surface area (Å²) < 4.78 is 47.4. The molecule has 230 valence electrons. The largest absolute Gasteiger partial charge is 0.449 e. The summed E-state index contributed by atoms with van der Waals surface area (Å²) in [5, 5.41) is 2.82. The first-order valence-corrected chi connectivity index (χ1v) is 16.1. The second-order valence-corrected chi connectivity index (χ2v) is 13.2. The van der Waals surface area contributed by atoms with Gasteiger partial charge < -0.3 is 15.0 Å². The molecule has 1 spiro atoms. The molecule has 0 radical (unpaired) electrons. The first kappa shape index (κ1) is 30.9. The monoisotopic (exact) mass is 679 g/mol. The van der Waals surface area contributed by atoms with E-state index in [-0.39, 0.29) is 39.1 Å². The van der Waals surface area contributed by atoms with E-state index in [1.165, 1.54) is 29.2 Å². The van der Waals surface area contributed by atoms with Gasteiger partial charge in [0.1, 0.15) is 17.9 Å². The highest BCUT2D eigenvalue weighted by Gasteiger charge is 2.56. The highest BCUT2D eigenvalue weighted by molar-refractivity contribution is 9.10. The van der Waals surface area contributed by atoms with Gasteiger partial charge in [-0.15, -0.1) is 0 Å². The Hall–Kier alpha value is -3.56. The Balaban J connectivity index is 1.33. The van der Waals surface area contributed by atoms with Gasteiger partial charge in [0.2, 0.25) is 5.91 Å². The van der Waals surface area contributed by atoms with E-state index in [0.29, 0.717) is 24.0 Å². The zero-order valence-electron chi connectivity index (χ0n) is 23.3. The van der Waals surface area contributed by atoms with Gasteiger partial charge in [-0.3, -0.25) is 14.5 Å². The molecule has 1 atom stereocenters. The fraction of sp³-hybridized carbons (Fsp3) is 0.429. The summed E-state index contributed by atoms with van der Waals surface area (Å²) in [7, 11) is -4.16. The first-order chi connectivity index (χ1) is 20.4. The molecule has 2 N–H and O–H groups in total. The van der Waals surface area contributed by atoms with Crippen molar-refractivity contribution in [2.75, 3.05) is 26.2 Å². The number of imide groups is 1. The molecule has 0 aromatic heterocycles. The van der Waals surface area contributed by atoms with Crippen LogP contribution in [0.15, 0.2) is 46.9 Å². The van der Waals surface area contributed by atoms with Crippen LogP contribution in [0.4, 0.5) is 14.0 Å². The average molecular weight is 681 g/mol. The molecule has 2 fully saturated rings. The summed E-state index contributed by atoms with van der Waals surface area (Å²) in [6, 6.07) is 10.0. The molecular formula is C28H31BrFN5O7S.